The first kappa shape index (κ1) is 21.3. The third-order valence-corrected chi connectivity index (χ3v) is 9.77. The Hall–Kier alpha value is -0.890. The van der Waals surface area contributed by atoms with Crippen LogP contribution in [0.1, 0.15) is 92.4 Å². The number of rotatable bonds is 4. The Kier molecular flexibility index (Phi) is 5.64. The first-order chi connectivity index (χ1) is 13.7. The van der Waals surface area contributed by atoms with Crippen molar-refractivity contribution in [1.29, 1.82) is 0 Å². The number of hydrogen-bond acceptors (Lipinski definition) is 2. The highest BCUT2D eigenvalue weighted by molar-refractivity contribution is 5.85. The van der Waals surface area contributed by atoms with Crippen LogP contribution in [0.4, 0.5) is 0 Å². The molecule has 3 fully saturated rings. The van der Waals surface area contributed by atoms with Gasteiger partial charge in [0.15, 0.2) is 0 Å². The van der Waals surface area contributed by atoms with Gasteiger partial charge < -0.3 is 5.11 Å². The zero-order valence-electron chi connectivity index (χ0n) is 19.3. The highest BCUT2D eigenvalue weighted by atomic mass is 16.3. The summed E-state index contributed by atoms with van der Waals surface area (Å²) in [4.78, 5) is 13.4. The minimum absolute atomic E-state index is 0.154. The van der Waals surface area contributed by atoms with Crippen LogP contribution in [-0.2, 0) is 4.79 Å². The van der Waals surface area contributed by atoms with Crippen molar-refractivity contribution in [3.05, 3.63) is 23.3 Å². The summed E-state index contributed by atoms with van der Waals surface area (Å²) in [6, 6.07) is 0. The van der Waals surface area contributed by atoms with Gasteiger partial charge in [0.05, 0.1) is 6.10 Å². The van der Waals surface area contributed by atoms with Gasteiger partial charge in [-0.25, -0.2) is 0 Å². The monoisotopic (exact) mass is 398 g/mol. The standard InChI is InChI=1S/C27H42O2/c1-17(2)7-6-8-18(3)23-16-24(29)25-21-10-9-19-15-20(28)11-13-26(19,4)22(21)12-14-27(23,25)5/h7,9,18,20-23,25,28H,6,8,10-16H2,1-5H3/t18-,20+,21-,22+,23-,25-,26+,27-/m1/s1. The van der Waals surface area contributed by atoms with E-state index in [9.17, 15) is 9.90 Å². The molecule has 0 bridgehead atoms. The number of hydrogen-bond donors (Lipinski definition) is 1. The third-order valence-electron chi connectivity index (χ3n) is 9.77. The van der Waals surface area contributed by atoms with E-state index in [4.69, 9.17) is 0 Å². The maximum absolute atomic E-state index is 13.4. The molecule has 162 valence electrons. The number of carbonyl (C=O) groups excluding carboxylic acids is 1. The zero-order chi connectivity index (χ0) is 21.0. The van der Waals surface area contributed by atoms with Crippen LogP contribution in [0.2, 0.25) is 0 Å². The average molecular weight is 399 g/mol. The van der Waals surface area contributed by atoms with E-state index < -0.39 is 0 Å². The molecule has 8 atom stereocenters. The molecule has 1 N–H and O–H groups in total. The van der Waals surface area contributed by atoms with E-state index in [2.05, 4.69) is 46.8 Å². The Balaban J connectivity index is 1.57. The largest absolute Gasteiger partial charge is 0.393 e. The molecule has 3 saturated carbocycles. The van der Waals surface area contributed by atoms with Gasteiger partial charge in [-0.1, -0.05) is 44.1 Å². The third kappa shape index (κ3) is 3.48. The summed E-state index contributed by atoms with van der Waals surface area (Å²) < 4.78 is 0. The van der Waals surface area contributed by atoms with Gasteiger partial charge in [0, 0.05) is 12.3 Å². The topological polar surface area (TPSA) is 37.3 Å². The molecule has 0 saturated heterocycles. The molecule has 0 aromatic heterocycles. The van der Waals surface area contributed by atoms with Gasteiger partial charge in [-0.05, 0) is 99.7 Å². The van der Waals surface area contributed by atoms with Gasteiger partial charge in [-0.2, -0.15) is 0 Å². The molecule has 0 unspecified atom stereocenters. The minimum Gasteiger partial charge on any atom is -0.393 e. The summed E-state index contributed by atoms with van der Waals surface area (Å²) >= 11 is 0. The summed E-state index contributed by atoms with van der Waals surface area (Å²) in [5, 5.41) is 10.2. The molecule has 4 aliphatic carbocycles. The molecule has 0 spiro atoms. The fourth-order valence-electron chi connectivity index (χ4n) is 8.17. The first-order valence-electron chi connectivity index (χ1n) is 12.2. The number of allylic oxidation sites excluding steroid dienone is 3. The molecule has 29 heavy (non-hydrogen) atoms. The van der Waals surface area contributed by atoms with Crippen molar-refractivity contribution >= 4 is 5.78 Å². The lowest BCUT2D eigenvalue weighted by molar-refractivity contribution is -0.130. The van der Waals surface area contributed by atoms with Crippen molar-refractivity contribution in [3.8, 4) is 0 Å². The predicted molar refractivity (Wildman–Crippen MR) is 119 cm³/mol. The van der Waals surface area contributed by atoms with Gasteiger partial charge in [-0.3, -0.25) is 4.79 Å². The number of ketones is 1. The van der Waals surface area contributed by atoms with E-state index in [0.717, 1.165) is 38.5 Å². The van der Waals surface area contributed by atoms with Crippen molar-refractivity contribution in [1.82, 2.24) is 0 Å². The van der Waals surface area contributed by atoms with E-state index in [1.165, 1.54) is 30.4 Å². The highest BCUT2D eigenvalue weighted by Gasteiger charge is 2.62. The van der Waals surface area contributed by atoms with Crippen LogP contribution in [0.5, 0.6) is 0 Å². The molecular weight excluding hydrogens is 356 g/mol. The van der Waals surface area contributed by atoms with Crippen molar-refractivity contribution in [2.45, 2.75) is 98.5 Å². The molecular formula is C27H42O2. The molecule has 0 heterocycles. The van der Waals surface area contributed by atoms with Crippen molar-refractivity contribution in [2.75, 3.05) is 0 Å². The molecule has 4 rings (SSSR count). The summed E-state index contributed by atoms with van der Waals surface area (Å²) in [6.45, 7) is 11.7. The van der Waals surface area contributed by atoms with Crippen molar-refractivity contribution < 1.29 is 9.90 Å². The Morgan fingerprint density at radius 2 is 2.00 bits per heavy atom. The van der Waals surface area contributed by atoms with Gasteiger partial charge in [0.1, 0.15) is 5.78 Å². The van der Waals surface area contributed by atoms with Gasteiger partial charge in [0.25, 0.3) is 0 Å². The Morgan fingerprint density at radius 3 is 2.72 bits per heavy atom. The lowest BCUT2D eigenvalue weighted by Crippen LogP contribution is -2.52. The van der Waals surface area contributed by atoms with Crippen LogP contribution in [0.15, 0.2) is 23.3 Å². The average Bonchev–Trinajstić information content (AvgIpc) is 2.93. The summed E-state index contributed by atoms with van der Waals surface area (Å²) in [5.41, 5.74) is 3.31. The maximum Gasteiger partial charge on any atom is 0.137 e. The van der Waals surface area contributed by atoms with E-state index >= 15 is 0 Å². The fourth-order valence-corrected chi connectivity index (χ4v) is 8.17. The van der Waals surface area contributed by atoms with Crippen LogP contribution >= 0.6 is 0 Å². The van der Waals surface area contributed by atoms with Crippen LogP contribution in [0.3, 0.4) is 0 Å². The van der Waals surface area contributed by atoms with Crippen LogP contribution in [0, 0.1) is 40.4 Å². The minimum atomic E-state index is -0.154. The van der Waals surface area contributed by atoms with Crippen LogP contribution in [0.25, 0.3) is 0 Å². The smallest absolute Gasteiger partial charge is 0.137 e. The number of Topliss-reactive ketones (excluding diaryl/α,β-unsaturated/α-hetero) is 1. The fraction of sp³-hybridized carbons (Fsp3) is 0.815. The lowest BCUT2D eigenvalue weighted by atomic mass is 9.47. The number of aliphatic hydroxyl groups is 1. The van der Waals surface area contributed by atoms with E-state index in [0.29, 0.717) is 29.5 Å². The molecule has 4 aliphatic rings. The van der Waals surface area contributed by atoms with Crippen molar-refractivity contribution in [3.63, 3.8) is 0 Å². The summed E-state index contributed by atoms with van der Waals surface area (Å²) in [6.07, 6.45) is 14.2. The van der Waals surface area contributed by atoms with Crippen LogP contribution in [-0.4, -0.2) is 17.0 Å². The molecule has 2 heteroatoms. The second-order valence-electron chi connectivity index (χ2n) is 11.7. The Morgan fingerprint density at radius 1 is 1.24 bits per heavy atom. The summed E-state index contributed by atoms with van der Waals surface area (Å²) in [5.74, 6) is 3.17. The molecule has 2 nitrogen and oxygen atoms in total. The first-order valence-corrected chi connectivity index (χ1v) is 12.2. The quantitative estimate of drug-likeness (QED) is 0.550. The Bertz CT molecular complexity index is 714. The molecule has 0 amide bonds. The molecule has 0 aromatic rings. The van der Waals surface area contributed by atoms with Crippen molar-refractivity contribution in [2.24, 2.45) is 40.4 Å². The Labute approximate surface area is 178 Å². The van der Waals surface area contributed by atoms with Gasteiger partial charge in [0.2, 0.25) is 0 Å². The maximum atomic E-state index is 13.4. The second-order valence-corrected chi connectivity index (χ2v) is 11.7. The lowest BCUT2D eigenvalue weighted by Gasteiger charge is -2.57. The molecule has 0 radical (unpaired) electrons. The zero-order valence-corrected chi connectivity index (χ0v) is 19.3. The van der Waals surface area contributed by atoms with E-state index in [1.54, 1.807) is 0 Å². The SMILES string of the molecule is CC(C)=CCC[C@@H](C)[C@H]1CC(=O)[C@H]2[C@@H]3CC=C4C[C@@H](O)CC[C@]4(C)[C@H]3CC[C@]12C. The second kappa shape index (κ2) is 7.66. The van der Waals surface area contributed by atoms with Gasteiger partial charge >= 0.3 is 0 Å². The van der Waals surface area contributed by atoms with Crippen LogP contribution < -0.4 is 0 Å². The summed E-state index contributed by atoms with van der Waals surface area (Å²) in [7, 11) is 0. The van der Waals surface area contributed by atoms with E-state index in [-0.39, 0.29) is 22.9 Å². The molecule has 0 aliphatic heterocycles. The normalized spacial score (nSPS) is 45.0. The highest BCUT2D eigenvalue weighted by Crippen LogP contribution is 2.66. The number of aliphatic hydroxyl groups excluding tert-OH is 1. The van der Waals surface area contributed by atoms with Gasteiger partial charge in [-0.15, -0.1) is 0 Å². The number of carbonyl (C=O) groups is 1. The van der Waals surface area contributed by atoms with E-state index in [1.807, 2.05) is 0 Å². The number of fused-ring (bicyclic) bond motifs is 5. The predicted octanol–water partition coefficient (Wildman–Crippen LogP) is 6.49. The molecule has 0 aromatic carbocycles.